The van der Waals surface area contributed by atoms with Crippen LogP contribution in [-0.4, -0.2) is 19.6 Å². The van der Waals surface area contributed by atoms with Gasteiger partial charge in [-0.3, -0.25) is 9.36 Å². The van der Waals surface area contributed by atoms with Gasteiger partial charge in [0, 0.05) is 26.5 Å². The number of aromatic nitrogens is 4. The van der Waals surface area contributed by atoms with E-state index in [4.69, 9.17) is 0 Å². The highest BCUT2D eigenvalue weighted by molar-refractivity contribution is 5.85. The fraction of sp³-hybridized carbons (Fsp3) is 0.400. The van der Waals surface area contributed by atoms with Crippen LogP contribution in [0.2, 0.25) is 0 Å². The maximum absolute atomic E-state index is 4.29. The molecule has 2 rings (SSSR count). The Morgan fingerprint density at radius 1 is 1.25 bits per heavy atom. The van der Waals surface area contributed by atoms with Crippen LogP contribution in [0.25, 0.3) is 0 Å². The van der Waals surface area contributed by atoms with E-state index in [2.05, 4.69) is 15.5 Å². The molecular formula is C10H16ClN5. The fourth-order valence-electron chi connectivity index (χ4n) is 1.52. The van der Waals surface area contributed by atoms with Gasteiger partial charge in [-0.05, 0) is 13.0 Å². The monoisotopic (exact) mass is 241 g/mol. The molecule has 0 bridgehead atoms. The van der Waals surface area contributed by atoms with Crippen LogP contribution in [0.15, 0.2) is 18.5 Å². The first-order valence-electron chi connectivity index (χ1n) is 4.88. The Kier molecular flexibility index (Phi) is 3.95. The van der Waals surface area contributed by atoms with Gasteiger partial charge in [-0.25, -0.2) is 0 Å². The lowest BCUT2D eigenvalue weighted by atomic mass is 10.3. The molecule has 0 spiro atoms. The molecule has 1 N–H and O–H groups in total. The van der Waals surface area contributed by atoms with Gasteiger partial charge in [0.25, 0.3) is 0 Å². The predicted molar refractivity (Wildman–Crippen MR) is 65.7 cm³/mol. The molecule has 0 aliphatic rings. The first-order chi connectivity index (χ1) is 7.15. The topological polar surface area (TPSA) is 47.7 Å². The second kappa shape index (κ2) is 5.03. The molecule has 0 atom stereocenters. The van der Waals surface area contributed by atoms with E-state index in [1.807, 2.05) is 39.5 Å². The van der Waals surface area contributed by atoms with E-state index in [1.165, 1.54) is 0 Å². The maximum Gasteiger partial charge on any atom is 0.0825 e. The van der Waals surface area contributed by atoms with Gasteiger partial charge in [-0.15, -0.1) is 12.4 Å². The second-order valence-corrected chi connectivity index (χ2v) is 3.64. The molecule has 6 heteroatoms. The molecule has 0 radical (unpaired) electrons. The largest absolute Gasteiger partial charge is 0.377 e. The number of aryl methyl sites for hydroxylation is 3. The lowest BCUT2D eigenvalue weighted by molar-refractivity contribution is 0.747. The normalized spacial score (nSPS) is 9.94. The summed E-state index contributed by atoms with van der Waals surface area (Å²) in [6.07, 6.45) is 3.91. The zero-order chi connectivity index (χ0) is 10.8. The molecule has 0 aliphatic carbocycles. The Labute approximate surface area is 101 Å². The molecular weight excluding hydrogens is 226 g/mol. The number of nitrogens with zero attached hydrogens (tertiary/aromatic N) is 4. The van der Waals surface area contributed by atoms with Crippen LogP contribution in [0.3, 0.4) is 0 Å². The number of anilines is 1. The van der Waals surface area contributed by atoms with E-state index in [0.29, 0.717) is 0 Å². The summed E-state index contributed by atoms with van der Waals surface area (Å²) in [5.41, 5.74) is 3.09. The van der Waals surface area contributed by atoms with Crippen molar-refractivity contribution in [2.24, 2.45) is 14.1 Å². The van der Waals surface area contributed by atoms with E-state index >= 15 is 0 Å². The van der Waals surface area contributed by atoms with Crippen LogP contribution in [0.5, 0.6) is 0 Å². The third-order valence-corrected chi connectivity index (χ3v) is 2.24. The average Bonchev–Trinajstić information content (AvgIpc) is 2.70. The lowest BCUT2D eigenvalue weighted by Gasteiger charge is -2.01. The fourth-order valence-corrected chi connectivity index (χ4v) is 1.52. The molecule has 0 aromatic carbocycles. The molecule has 0 saturated heterocycles. The highest BCUT2D eigenvalue weighted by Crippen LogP contribution is 2.12. The molecule has 2 aromatic rings. The molecule has 0 saturated carbocycles. The Balaban J connectivity index is 0.00000128. The predicted octanol–water partition coefficient (Wildman–Crippen LogP) is 1.50. The Hall–Kier alpha value is -1.49. The second-order valence-electron chi connectivity index (χ2n) is 3.64. The first-order valence-corrected chi connectivity index (χ1v) is 4.88. The molecule has 16 heavy (non-hydrogen) atoms. The quantitative estimate of drug-likeness (QED) is 0.886. The minimum Gasteiger partial charge on any atom is -0.377 e. The summed E-state index contributed by atoms with van der Waals surface area (Å²) < 4.78 is 3.60. The molecule has 0 amide bonds. The molecule has 2 aromatic heterocycles. The minimum atomic E-state index is 0. The first kappa shape index (κ1) is 12.6. The molecule has 0 unspecified atom stereocenters. The average molecular weight is 242 g/mol. The zero-order valence-corrected chi connectivity index (χ0v) is 10.5. The number of hydrogen-bond acceptors (Lipinski definition) is 3. The minimum absolute atomic E-state index is 0. The third kappa shape index (κ3) is 2.76. The summed E-state index contributed by atoms with van der Waals surface area (Å²) in [6.45, 7) is 2.72. The number of hydrogen-bond donors (Lipinski definition) is 1. The van der Waals surface area contributed by atoms with E-state index in [9.17, 15) is 0 Å². The zero-order valence-electron chi connectivity index (χ0n) is 9.64. The van der Waals surface area contributed by atoms with Gasteiger partial charge in [-0.1, -0.05) is 0 Å². The molecule has 0 fully saturated rings. The van der Waals surface area contributed by atoms with Gasteiger partial charge in [0.15, 0.2) is 0 Å². The summed E-state index contributed by atoms with van der Waals surface area (Å²) in [7, 11) is 3.83. The van der Waals surface area contributed by atoms with Gasteiger partial charge in [0.2, 0.25) is 0 Å². The van der Waals surface area contributed by atoms with E-state index in [1.54, 1.807) is 9.36 Å². The maximum atomic E-state index is 4.29. The van der Waals surface area contributed by atoms with E-state index in [-0.39, 0.29) is 12.4 Å². The van der Waals surface area contributed by atoms with Crippen molar-refractivity contribution in [1.82, 2.24) is 19.6 Å². The molecule has 2 heterocycles. The Morgan fingerprint density at radius 2 is 2.00 bits per heavy atom. The highest BCUT2D eigenvalue weighted by Gasteiger charge is 2.02. The molecule has 5 nitrogen and oxygen atoms in total. The van der Waals surface area contributed by atoms with Gasteiger partial charge < -0.3 is 5.32 Å². The van der Waals surface area contributed by atoms with Gasteiger partial charge in [0.05, 0.1) is 23.6 Å². The van der Waals surface area contributed by atoms with Gasteiger partial charge in [-0.2, -0.15) is 10.2 Å². The van der Waals surface area contributed by atoms with Crippen LogP contribution in [0.4, 0.5) is 5.69 Å². The summed E-state index contributed by atoms with van der Waals surface area (Å²) in [5.74, 6) is 0. The van der Waals surface area contributed by atoms with Crippen LogP contribution in [0, 0.1) is 6.92 Å². The van der Waals surface area contributed by atoms with Crippen molar-refractivity contribution >= 4 is 18.1 Å². The van der Waals surface area contributed by atoms with E-state index < -0.39 is 0 Å². The smallest absolute Gasteiger partial charge is 0.0825 e. The number of nitrogens with one attached hydrogen (secondary N) is 1. The third-order valence-electron chi connectivity index (χ3n) is 2.24. The van der Waals surface area contributed by atoms with Crippen molar-refractivity contribution in [3.8, 4) is 0 Å². The van der Waals surface area contributed by atoms with Crippen molar-refractivity contribution in [3.63, 3.8) is 0 Å². The molecule has 88 valence electrons. The van der Waals surface area contributed by atoms with Crippen LogP contribution >= 0.6 is 12.4 Å². The van der Waals surface area contributed by atoms with Gasteiger partial charge >= 0.3 is 0 Å². The summed E-state index contributed by atoms with van der Waals surface area (Å²) in [6, 6.07) is 2.00. The van der Waals surface area contributed by atoms with Gasteiger partial charge in [0.1, 0.15) is 0 Å². The molecule has 0 aliphatic heterocycles. The Morgan fingerprint density at radius 3 is 2.50 bits per heavy atom. The summed E-state index contributed by atoms with van der Waals surface area (Å²) in [5, 5.41) is 11.9. The van der Waals surface area contributed by atoms with Crippen molar-refractivity contribution in [2.75, 3.05) is 5.32 Å². The lowest BCUT2D eigenvalue weighted by Crippen LogP contribution is -2.01. The van der Waals surface area contributed by atoms with Crippen molar-refractivity contribution in [2.45, 2.75) is 13.5 Å². The van der Waals surface area contributed by atoms with Crippen LogP contribution < -0.4 is 5.32 Å². The standard InChI is InChI=1S/C10H15N5.ClH/c1-8-10(7-15(3)12-8)11-6-9-4-5-14(2)13-9;/h4-5,7,11H,6H2,1-3H3;1H. The van der Waals surface area contributed by atoms with Crippen molar-refractivity contribution in [1.29, 1.82) is 0 Å². The van der Waals surface area contributed by atoms with Crippen LogP contribution in [0.1, 0.15) is 11.4 Å². The summed E-state index contributed by atoms with van der Waals surface area (Å²) in [4.78, 5) is 0. The highest BCUT2D eigenvalue weighted by atomic mass is 35.5. The Bertz CT molecular complexity index is 459. The van der Waals surface area contributed by atoms with Crippen molar-refractivity contribution < 1.29 is 0 Å². The van der Waals surface area contributed by atoms with Crippen molar-refractivity contribution in [3.05, 3.63) is 29.8 Å². The summed E-state index contributed by atoms with van der Waals surface area (Å²) >= 11 is 0. The van der Waals surface area contributed by atoms with E-state index in [0.717, 1.165) is 23.6 Å². The van der Waals surface area contributed by atoms with Crippen LogP contribution in [-0.2, 0) is 20.6 Å². The number of rotatable bonds is 3. The SMILES string of the molecule is Cc1nn(C)cc1NCc1ccn(C)n1.Cl. The number of halogens is 1.